The largest absolute Gasteiger partial charge is 0.361 e. The lowest BCUT2D eigenvalue weighted by molar-refractivity contribution is -0.0438. The summed E-state index contributed by atoms with van der Waals surface area (Å²) in [5.41, 5.74) is 0. The van der Waals surface area contributed by atoms with E-state index in [-0.39, 0.29) is 39.0 Å². The highest BCUT2D eigenvalue weighted by atomic mass is 16.5. The second kappa shape index (κ2) is 13.5. The maximum Gasteiger partial charge on any atom is 0.327 e. The molecule has 2 rings (SSSR count). The van der Waals surface area contributed by atoms with Gasteiger partial charge in [0.2, 0.25) is 0 Å². The Kier molecular flexibility index (Phi) is 11.3. The number of ether oxygens (including phenoxy) is 4. The number of urea groups is 2. The molecular weight excluding hydrogens is 440 g/mol. The zero-order chi connectivity index (χ0) is 25.4. The maximum atomic E-state index is 13.5. The number of carbonyl (C=O) groups is 2. The highest BCUT2D eigenvalue weighted by Gasteiger charge is 2.59. The zero-order valence-corrected chi connectivity index (χ0v) is 22.4. The van der Waals surface area contributed by atoms with E-state index >= 15 is 0 Å². The molecule has 2 fully saturated rings. The summed E-state index contributed by atoms with van der Waals surface area (Å²) < 4.78 is 23.3. The van der Waals surface area contributed by atoms with Crippen molar-refractivity contribution >= 4 is 12.1 Å². The Hall–Kier alpha value is -1.62. The molecule has 198 valence electrons. The molecule has 0 atom stereocenters. The molecule has 0 radical (unpaired) electrons. The van der Waals surface area contributed by atoms with Crippen molar-refractivity contribution in [3.8, 4) is 0 Å². The van der Waals surface area contributed by atoms with E-state index in [1.165, 1.54) is 0 Å². The number of carbonyl (C=O) groups excluding carboxylic acids is 2. The van der Waals surface area contributed by atoms with Gasteiger partial charge >= 0.3 is 12.1 Å². The summed E-state index contributed by atoms with van der Waals surface area (Å²) in [5, 5.41) is 0. The number of nitrogens with zero attached hydrogens (tertiary/aromatic N) is 4. The van der Waals surface area contributed by atoms with Crippen LogP contribution < -0.4 is 0 Å². The molecule has 2 aliphatic rings. The summed E-state index contributed by atoms with van der Waals surface area (Å²) in [7, 11) is 0. The Morgan fingerprint density at radius 3 is 0.882 bits per heavy atom. The first-order valence-corrected chi connectivity index (χ1v) is 12.5. The van der Waals surface area contributed by atoms with Crippen LogP contribution in [0.4, 0.5) is 9.59 Å². The highest BCUT2D eigenvalue weighted by molar-refractivity contribution is 5.85. The molecule has 2 aliphatic heterocycles. The van der Waals surface area contributed by atoms with Crippen LogP contribution in [0.15, 0.2) is 0 Å². The second-order valence-electron chi connectivity index (χ2n) is 10.8. The predicted molar refractivity (Wildman–Crippen MR) is 128 cm³/mol. The third-order valence-electron chi connectivity index (χ3n) is 5.25. The molecule has 0 bridgehead atoms. The van der Waals surface area contributed by atoms with Gasteiger partial charge in [-0.15, -0.1) is 0 Å². The van der Waals surface area contributed by atoms with Crippen LogP contribution in [-0.4, -0.2) is 97.3 Å². The summed E-state index contributed by atoms with van der Waals surface area (Å²) in [6.45, 7) is 18.9. The van der Waals surface area contributed by atoms with Gasteiger partial charge in [-0.05, 0) is 23.7 Å². The van der Waals surface area contributed by atoms with Crippen molar-refractivity contribution in [1.29, 1.82) is 0 Å². The third kappa shape index (κ3) is 7.69. The average molecular weight is 487 g/mol. The van der Waals surface area contributed by atoms with Gasteiger partial charge in [0.15, 0.2) is 12.3 Å². The molecule has 34 heavy (non-hydrogen) atoms. The van der Waals surface area contributed by atoms with Gasteiger partial charge in [-0.2, -0.15) is 0 Å². The minimum Gasteiger partial charge on any atom is -0.361 e. The van der Waals surface area contributed by atoms with Gasteiger partial charge < -0.3 is 18.9 Å². The topological polar surface area (TPSA) is 84.0 Å². The fourth-order valence-corrected chi connectivity index (χ4v) is 3.84. The van der Waals surface area contributed by atoms with E-state index in [2.05, 4.69) is 55.4 Å². The van der Waals surface area contributed by atoms with Crippen molar-refractivity contribution in [2.75, 3.05) is 53.4 Å². The van der Waals surface area contributed by atoms with E-state index in [9.17, 15) is 9.59 Å². The molecule has 0 aromatic heterocycles. The van der Waals surface area contributed by atoms with Crippen molar-refractivity contribution in [3.05, 3.63) is 0 Å². The number of hydrogen-bond acceptors (Lipinski definition) is 6. The van der Waals surface area contributed by atoms with Gasteiger partial charge in [0.1, 0.15) is 26.9 Å². The fourth-order valence-electron chi connectivity index (χ4n) is 3.84. The molecule has 10 nitrogen and oxygen atoms in total. The molecule has 2 saturated heterocycles. The minimum atomic E-state index is -0.551. The van der Waals surface area contributed by atoms with Gasteiger partial charge in [-0.25, -0.2) is 9.59 Å². The van der Waals surface area contributed by atoms with Crippen LogP contribution in [0, 0.1) is 23.7 Å². The SMILES string of the molecule is CC(C)COCN1C(=O)N(COCC(C)C)C2C1N(COCC(C)C)C(=O)N2COCC(C)C. The van der Waals surface area contributed by atoms with Crippen molar-refractivity contribution in [1.82, 2.24) is 19.6 Å². The quantitative estimate of drug-likeness (QED) is 0.331. The first-order chi connectivity index (χ1) is 16.0. The summed E-state index contributed by atoms with van der Waals surface area (Å²) in [6.07, 6.45) is -1.10. The lowest BCUT2D eigenvalue weighted by Crippen LogP contribution is -2.48. The lowest BCUT2D eigenvalue weighted by Gasteiger charge is -2.30. The first-order valence-electron chi connectivity index (χ1n) is 12.5. The molecule has 0 aliphatic carbocycles. The Morgan fingerprint density at radius 2 is 0.706 bits per heavy atom. The van der Waals surface area contributed by atoms with E-state index in [1.54, 1.807) is 19.6 Å². The molecule has 0 spiro atoms. The number of fused-ring (bicyclic) bond motifs is 1. The molecule has 10 heteroatoms. The molecular formula is C24H46N4O6. The number of hydrogen-bond donors (Lipinski definition) is 0. The maximum absolute atomic E-state index is 13.5. The Morgan fingerprint density at radius 1 is 0.500 bits per heavy atom. The van der Waals surface area contributed by atoms with Crippen molar-refractivity contribution < 1.29 is 28.5 Å². The fraction of sp³-hybridized carbons (Fsp3) is 0.917. The molecule has 0 saturated carbocycles. The third-order valence-corrected chi connectivity index (χ3v) is 5.25. The summed E-state index contributed by atoms with van der Waals surface area (Å²) in [4.78, 5) is 33.4. The van der Waals surface area contributed by atoms with E-state index in [0.29, 0.717) is 50.1 Å². The van der Waals surface area contributed by atoms with Crippen LogP contribution in [0.5, 0.6) is 0 Å². The Labute approximate surface area is 205 Å². The van der Waals surface area contributed by atoms with Crippen LogP contribution in [0.1, 0.15) is 55.4 Å². The summed E-state index contributed by atoms with van der Waals surface area (Å²) >= 11 is 0. The van der Waals surface area contributed by atoms with Crippen LogP contribution >= 0.6 is 0 Å². The minimum absolute atomic E-state index is 0.0908. The van der Waals surface area contributed by atoms with Gasteiger partial charge in [0.05, 0.1) is 26.4 Å². The Balaban J connectivity index is 2.28. The lowest BCUT2D eigenvalue weighted by atomic mass is 10.2. The van der Waals surface area contributed by atoms with Gasteiger partial charge in [-0.1, -0.05) is 55.4 Å². The van der Waals surface area contributed by atoms with Crippen LogP contribution in [-0.2, 0) is 18.9 Å². The molecule has 2 heterocycles. The van der Waals surface area contributed by atoms with Crippen LogP contribution in [0.2, 0.25) is 0 Å². The normalized spacial score (nSPS) is 20.9. The smallest absolute Gasteiger partial charge is 0.327 e. The van der Waals surface area contributed by atoms with Crippen LogP contribution in [0.3, 0.4) is 0 Å². The molecule has 0 unspecified atom stereocenters. The summed E-state index contributed by atoms with van der Waals surface area (Å²) in [5.74, 6) is 1.32. The van der Waals surface area contributed by atoms with Crippen LogP contribution in [0.25, 0.3) is 0 Å². The van der Waals surface area contributed by atoms with E-state index < -0.39 is 12.3 Å². The summed E-state index contributed by atoms with van der Waals surface area (Å²) in [6, 6.07) is -0.449. The molecule has 0 N–H and O–H groups in total. The molecule has 4 amide bonds. The first kappa shape index (κ1) is 28.6. The van der Waals surface area contributed by atoms with Gasteiger partial charge in [0.25, 0.3) is 0 Å². The predicted octanol–water partition coefficient (Wildman–Crippen LogP) is 3.63. The van der Waals surface area contributed by atoms with E-state index in [0.717, 1.165) is 0 Å². The van der Waals surface area contributed by atoms with E-state index in [1.807, 2.05) is 0 Å². The van der Waals surface area contributed by atoms with Crippen molar-refractivity contribution in [3.63, 3.8) is 0 Å². The van der Waals surface area contributed by atoms with Crippen molar-refractivity contribution in [2.45, 2.75) is 67.7 Å². The van der Waals surface area contributed by atoms with Gasteiger partial charge in [0, 0.05) is 0 Å². The molecule has 0 aromatic rings. The monoisotopic (exact) mass is 486 g/mol. The average Bonchev–Trinajstić information content (AvgIpc) is 3.14. The standard InChI is InChI=1S/C24H46N4O6/c1-17(2)9-31-13-25-21-22(27(23(25)29)15-33-11-19(5)6)28(16-34-12-20(7)8)24(30)26(21)14-32-10-18(3)4/h17-22H,9-16H2,1-8H3. The Bertz CT molecular complexity index is 543. The van der Waals surface area contributed by atoms with Gasteiger partial charge in [-0.3, -0.25) is 19.6 Å². The zero-order valence-electron chi connectivity index (χ0n) is 22.4. The second-order valence-corrected chi connectivity index (χ2v) is 10.8. The number of amides is 4. The molecule has 0 aromatic carbocycles. The highest BCUT2D eigenvalue weighted by Crippen LogP contribution is 2.35. The number of rotatable bonds is 16. The van der Waals surface area contributed by atoms with E-state index in [4.69, 9.17) is 18.9 Å². The van der Waals surface area contributed by atoms with Crippen molar-refractivity contribution in [2.24, 2.45) is 23.7 Å².